The molecular weight excluding hydrogens is 446 g/mol. The lowest BCUT2D eigenvalue weighted by atomic mass is 9.98. The number of hydrogen-bond donors (Lipinski definition) is 1. The Kier molecular flexibility index (Phi) is 6.70. The third kappa shape index (κ3) is 5.52. The fraction of sp³-hybridized carbons (Fsp3) is 0.286. The van der Waals surface area contributed by atoms with Gasteiger partial charge in [0.05, 0.1) is 5.02 Å². The standard InChI is InChI=1S/C21H19Cl2FN4O3/c22-15-3-1-13(2-4-15)20-25-26-21(31-20)14-7-9-28(10-8-14)27-19(29)12-30-16-5-6-17(23)18(24)11-16/h1-6,11,14H,7-10,12H2,(H,27,29). The highest BCUT2D eigenvalue weighted by Crippen LogP contribution is 2.29. The monoisotopic (exact) mass is 464 g/mol. The Labute approximate surface area is 188 Å². The zero-order valence-corrected chi connectivity index (χ0v) is 17.9. The minimum atomic E-state index is -0.595. The molecule has 1 amide bonds. The van der Waals surface area contributed by atoms with Crippen molar-refractivity contribution in [1.82, 2.24) is 20.6 Å². The van der Waals surface area contributed by atoms with E-state index in [1.54, 1.807) is 12.1 Å². The highest BCUT2D eigenvalue weighted by atomic mass is 35.5. The molecule has 31 heavy (non-hydrogen) atoms. The minimum absolute atomic E-state index is 0.00112. The molecular formula is C21H19Cl2FN4O3. The van der Waals surface area contributed by atoms with Crippen LogP contribution in [0.5, 0.6) is 5.75 Å². The largest absolute Gasteiger partial charge is 0.484 e. The molecule has 0 unspecified atom stereocenters. The summed E-state index contributed by atoms with van der Waals surface area (Å²) in [7, 11) is 0. The molecule has 0 radical (unpaired) electrons. The predicted molar refractivity (Wildman–Crippen MR) is 113 cm³/mol. The highest BCUT2D eigenvalue weighted by Gasteiger charge is 2.26. The van der Waals surface area contributed by atoms with Crippen LogP contribution in [0.25, 0.3) is 11.5 Å². The van der Waals surface area contributed by atoms with Crippen molar-refractivity contribution in [2.24, 2.45) is 0 Å². The zero-order valence-electron chi connectivity index (χ0n) is 16.4. The Morgan fingerprint density at radius 3 is 2.61 bits per heavy atom. The van der Waals surface area contributed by atoms with Gasteiger partial charge in [0.2, 0.25) is 11.8 Å². The molecule has 1 aromatic heterocycles. The molecule has 2 aromatic carbocycles. The number of amides is 1. The fourth-order valence-corrected chi connectivity index (χ4v) is 3.51. The van der Waals surface area contributed by atoms with Crippen LogP contribution in [-0.4, -0.2) is 40.8 Å². The Morgan fingerprint density at radius 1 is 1.16 bits per heavy atom. The van der Waals surface area contributed by atoms with Crippen LogP contribution < -0.4 is 10.2 Å². The Hall–Kier alpha value is -2.68. The van der Waals surface area contributed by atoms with Crippen LogP contribution in [0.15, 0.2) is 46.9 Å². The molecule has 162 valence electrons. The molecule has 3 aromatic rings. The van der Waals surface area contributed by atoms with Crippen molar-refractivity contribution in [3.8, 4) is 17.2 Å². The van der Waals surface area contributed by atoms with Crippen LogP contribution in [0.2, 0.25) is 10.0 Å². The number of benzene rings is 2. The maximum absolute atomic E-state index is 13.4. The van der Waals surface area contributed by atoms with Crippen molar-refractivity contribution in [2.75, 3.05) is 19.7 Å². The minimum Gasteiger partial charge on any atom is -0.484 e. The number of ether oxygens (including phenoxy) is 1. The van der Waals surface area contributed by atoms with E-state index in [1.807, 2.05) is 17.1 Å². The molecule has 0 atom stereocenters. The number of carbonyl (C=O) groups excluding carboxylic acids is 1. The zero-order chi connectivity index (χ0) is 21.8. The van der Waals surface area contributed by atoms with E-state index in [2.05, 4.69) is 15.6 Å². The van der Waals surface area contributed by atoms with Crippen molar-refractivity contribution in [3.63, 3.8) is 0 Å². The van der Waals surface area contributed by atoms with Gasteiger partial charge < -0.3 is 9.15 Å². The van der Waals surface area contributed by atoms with Gasteiger partial charge in [0.1, 0.15) is 11.6 Å². The first kappa shape index (κ1) is 21.5. The van der Waals surface area contributed by atoms with E-state index >= 15 is 0 Å². The third-order valence-electron chi connectivity index (χ3n) is 4.92. The van der Waals surface area contributed by atoms with Crippen molar-refractivity contribution in [3.05, 3.63) is 64.2 Å². The molecule has 0 spiro atoms. The molecule has 0 bridgehead atoms. The van der Waals surface area contributed by atoms with E-state index in [0.717, 1.165) is 24.5 Å². The van der Waals surface area contributed by atoms with Crippen molar-refractivity contribution < 1.29 is 18.3 Å². The number of piperidine rings is 1. The molecule has 4 rings (SSSR count). The molecule has 10 heteroatoms. The highest BCUT2D eigenvalue weighted by molar-refractivity contribution is 6.31. The number of hydrogen-bond acceptors (Lipinski definition) is 6. The number of carbonyl (C=O) groups is 1. The number of rotatable bonds is 6. The number of halogens is 3. The first-order valence-electron chi connectivity index (χ1n) is 9.69. The predicted octanol–water partition coefficient (Wildman–Crippen LogP) is 4.47. The summed E-state index contributed by atoms with van der Waals surface area (Å²) in [5, 5.41) is 10.8. The van der Waals surface area contributed by atoms with E-state index in [0.29, 0.717) is 29.9 Å². The molecule has 2 heterocycles. The van der Waals surface area contributed by atoms with Crippen molar-refractivity contribution >= 4 is 29.1 Å². The summed E-state index contributed by atoms with van der Waals surface area (Å²) in [6.45, 7) is 1.03. The SMILES string of the molecule is O=C(COc1ccc(Cl)c(F)c1)NN1CCC(c2nnc(-c3ccc(Cl)cc3)o2)CC1. The van der Waals surface area contributed by atoms with Gasteiger partial charge >= 0.3 is 0 Å². The van der Waals surface area contributed by atoms with Crippen LogP contribution in [0.1, 0.15) is 24.7 Å². The smallest absolute Gasteiger partial charge is 0.272 e. The van der Waals surface area contributed by atoms with E-state index in [9.17, 15) is 9.18 Å². The van der Waals surface area contributed by atoms with Gasteiger partial charge in [-0.25, -0.2) is 9.40 Å². The summed E-state index contributed by atoms with van der Waals surface area (Å²) in [6, 6.07) is 11.2. The van der Waals surface area contributed by atoms with Gasteiger partial charge in [-0.3, -0.25) is 10.2 Å². The molecule has 1 aliphatic rings. The lowest BCUT2D eigenvalue weighted by Crippen LogP contribution is -2.47. The van der Waals surface area contributed by atoms with E-state index < -0.39 is 5.82 Å². The molecule has 7 nitrogen and oxygen atoms in total. The summed E-state index contributed by atoms with van der Waals surface area (Å²) in [5.41, 5.74) is 3.61. The van der Waals surface area contributed by atoms with Gasteiger partial charge in [-0.2, -0.15) is 0 Å². The normalized spacial score (nSPS) is 15.1. The van der Waals surface area contributed by atoms with Gasteiger partial charge in [-0.05, 0) is 49.2 Å². The first-order valence-corrected chi connectivity index (χ1v) is 10.4. The molecule has 0 saturated carbocycles. The van der Waals surface area contributed by atoms with Crippen LogP contribution in [-0.2, 0) is 4.79 Å². The molecule has 1 aliphatic heterocycles. The lowest BCUT2D eigenvalue weighted by molar-refractivity contribution is -0.128. The topological polar surface area (TPSA) is 80.5 Å². The van der Waals surface area contributed by atoms with Gasteiger partial charge in [0.15, 0.2) is 6.61 Å². The van der Waals surface area contributed by atoms with Crippen LogP contribution >= 0.6 is 23.2 Å². The van der Waals surface area contributed by atoms with E-state index in [-0.39, 0.29) is 29.2 Å². The Bertz CT molecular complexity index is 1050. The third-order valence-corrected chi connectivity index (χ3v) is 5.48. The van der Waals surface area contributed by atoms with Gasteiger partial charge in [0, 0.05) is 35.7 Å². The molecule has 1 saturated heterocycles. The maximum Gasteiger partial charge on any atom is 0.272 e. The second kappa shape index (κ2) is 9.64. The summed E-state index contributed by atoms with van der Waals surface area (Å²) >= 11 is 11.5. The molecule has 1 fully saturated rings. The van der Waals surface area contributed by atoms with Gasteiger partial charge in [0.25, 0.3) is 5.91 Å². The first-order chi connectivity index (χ1) is 15.0. The summed E-state index contributed by atoms with van der Waals surface area (Å²) in [6.07, 6.45) is 1.51. The maximum atomic E-state index is 13.4. The average Bonchev–Trinajstić information content (AvgIpc) is 3.26. The summed E-state index contributed by atoms with van der Waals surface area (Å²) < 4.78 is 24.6. The van der Waals surface area contributed by atoms with Gasteiger partial charge in [-0.15, -0.1) is 10.2 Å². The average molecular weight is 465 g/mol. The molecule has 1 N–H and O–H groups in total. The second-order valence-corrected chi connectivity index (χ2v) is 7.96. The fourth-order valence-electron chi connectivity index (χ4n) is 3.27. The Morgan fingerprint density at radius 2 is 1.90 bits per heavy atom. The number of nitrogens with one attached hydrogen (secondary N) is 1. The lowest BCUT2D eigenvalue weighted by Gasteiger charge is -2.30. The van der Waals surface area contributed by atoms with Crippen LogP contribution in [0, 0.1) is 5.82 Å². The quantitative estimate of drug-likeness (QED) is 0.579. The van der Waals surface area contributed by atoms with Crippen molar-refractivity contribution in [2.45, 2.75) is 18.8 Å². The van der Waals surface area contributed by atoms with Crippen LogP contribution in [0.4, 0.5) is 4.39 Å². The number of aromatic nitrogens is 2. The summed E-state index contributed by atoms with van der Waals surface area (Å²) in [4.78, 5) is 12.1. The van der Waals surface area contributed by atoms with Crippen LogP contribution in [0.3, 0.4) is 0 Å². The number of hydrazine groups is 1. The van der Waals surface area contributed by atoms with E-state index in [1.165, 1.54) is 12.1 Å². The van der Waals surface area contributed by atoms with E-state index in [4.69, 9.17) is 32.4 Å². The number of nitrogens with zero attached hydrogens (tertiary/aromatic N) is 3. The Balaban J connectivity index is 1.24. The summed E-state index contributed by atoms with van der Waals surface area (Å²) in [5.74, 6) is 0.486. The van der Waals surface area contributed by atoms with Gasteiger partial charge in [-0.1, -0.05) is 23.2 Å². The van der Waals surface area contributed by atoms with Crippen molar-refractivity contribution in [1.29, 1.82) is 0 Å². The second-order valence-electron chi connectivity index (χ2n) is 7.11. The molecule has 0 aliphatic carbocycles.